The van der Waals surface area contributed by atoms with Gasteiger partial charge in [0, 0.05) is 22.5 Å². The van der Waals surface area contributed by atoms with E-state index in [4.69, 9.17) is 9.47 Å². The number of hydrogen-bond acceptors (Lipinski definition) is 4. The molecule has 1 aliphatic rings. The Morgan fingerprint density at radius 1 is 1.04 bits per heavy atom. The maximum Gasteiger partial charge on any atom is 0.340 e. The second-order valence-electron chi connectivity index (χ2n) is 6.31. The molecule has 0 spiro atoms. The summed E-state index contributed by atoms with van der Waals surface area (Å²) in [4.78, 5) is 25.7. The number of ether oxygens (including phenoxy) is 2. The van der Waals surface area contributed by atoms with Crippen molar-refractivity contribution in [2.45, 2.75) is 13.8 Å². The van der Waals surface area contributed by atoms with Gasteiger partial charge < -0.3 is 14.0 Å². The molecule has 27 heavy (non-hydrogen) atoms. The first-order valence-electron chi connectivity index (χ1n) is 8.79. The smallest absolute Gasteiger partial charge is 0.340 e. The standard InChI is InChI=1S/C22H19NO4/c1-4-27-22(25)18-13(2)23(14-9-11-15(26-3)12-10-14)20-16-7-5-6-8-17(16)21(24)19(18)20/h5-12H,4H2,1-3H3. The molecule has 1 aromatic heterocycles. The summed E-state index contributed by atoms with van der Waals surface area (Å²) in [5.74, 6) is 0.126. The zero-order chi connectivity index (χ0) is 19.1. The number of benzene rings is 2. The summed E-state index contributed by atoms with van der Waals surface area (Å²) in [5.41, 5.74) is 4.46. The highest BCUT2D eigenvalue weighted by molar-refractivity contribution is 6.25. The van der Waals surface area contributed by atoms with E-state index >= 15 is 0 Å². The lowest BCUT2D eigenvalue weighted by atomic mass is 10.1. The van der Waals surface area contributed by atoms with E-state index in [0.29, 0.717) is 22.4 Å². The number of ketones is 1. The van der Waals surface area contributed by atoms with Gasteiger partial charge in [-0.05, 0) is 38.1 Å². The van der Waals surface area contributed by atoms with E-state index in [1.54, 1.807) is 20.1 Å². The van der Waals surface area contributed by atoms with Gasteiger partial charge in [0.05, 0.1) is 30.5 Å². The molecule has 0 saturated heterocycles. The molecule has 136 valence electrons. The number of carbonyl (C=O) groups excluding carboxylic acids is 2. The summed E-state index contributed by atoms with van der Waals surface area (Å²) in [7, 11) is 1.61. The minimum absolute atomic E-state index is 0.140. The Kier molecular flexibility index (Phi) is 4.07. The molecule has 0 atom stereocenters. The lowest BCUT2D eigenvalue weighted by molar-refractivity contribution is 0.0523. The van der Waals surface area contributed by atoms with Crippen LogP contribution >= 0.6 is 0 Å². The Balaban J connectivity index is 2.03. The topological polar surface area (TPSA) is 57.5 Å². The number of hydrogen-bond donors (Lipinski definition) is 0. The van der Waals surface area contributed by atoms with Gasteiger partial charge in [0.2, 0.25) is 0 Å². The summed E-state index contributed by atoms with van der Waals surface area (Å²) < 4.78 is 12.4. The van der Waals surface area contributed by atoms with Gasteiger partial charge in [0.1, 0.15) is 5.75 Å². The highest BCUT2D eigenvalue weighted by atomic mass is 16.5. The highest BCUT2D eigenvalue weighted by Gasteiger charge is 2.38. The largest absolute Gasteiger partial charge is 0.497 e. The molecule has 0 aliphatic heterocycles. The summed E-state index contributed by atoms with van der Waals surface area (Å²) >= 11 is 0. The monoisotopic (exact) mass is 361 g/mol. The average Bonchev–Trinajstić information content (AvgIpc) is 3.14. The number of rotatable bonds is 4. The van der Waals surface area contributed by atoms with Gasteiger partial charge in [-0.25, -0.2) is 4.79 Å². The molecule has 0 fully saturated rings. The molecular weight excluding hydrogens is 342 g/mol. The first-order valence-corrected chi connectivity index (χ1v) is 8.79. The number of aromatic nitrogens is 1. The fourth-order valence-corrected chi connectivity index (χ4v) is 3.70. The molecule has 0 saturated carbocycles. The molecular formula is C22H19NO4. The van der Waals surface area contributed by atoms with Gasteiger partial charge in [-0.3, -0.25) is 4.79 Å². The number of carbonyl (C=O) groups is 2. The number of methoxy groups -OCH3 is 1. The van der Waals surface area contributed by atoms with E-state index in [1.165, 1.54) is 0 Å². The van der Waals surface area contributed by atoms with Crippen molar-refractivity contribution in [2.75, 3.05) is 13.7 Å². The fourth-order valence-electron chi connectivity index (χ4n) is 3.70. The van der Waals surface area contributed by atoms with E-state index in [1.807, 2.05) is 54.0 Å². The molecule has 0 radical (unpaired) electrons. The highest BCUT2D eigenvalue weighted by Crippen LogP contribution is 2.43. The second-order valence-corrected chi connectivity index (χ2v) is 6.31. The normalized spacial score (nSPS) is 11.9. The molecule has 5 nitrogen and oxygen atoms in total. The zero-order valence-electron chi connectivity index (χ0n) is 15.4. The lowest BCUT2D eigenvalue weighted by Gasteiger charge is -2.13. The molecule has 1 aliphatic carbocycles. The summed E-state index contributed by atoms with van der Waals surface area (Å²) in [6.07, 6.45) is 0. The van der Waals surface area contributed by atoms with Crippen molar-refractivity contribution in [1.82, 2.24) is 4.57 Å². The third-order valence-corrected chi connectivity index (χ3v) is 4.87. The molecule has 0 bridgehead atoms. The van der Waals surface area contributed by atoms with Gasteiger partial charge >= 0.3 is 5.97 Å². The maximum absolute atomic E-state index is 13.1. The molecule has 1 heterocycles. The first kappa shape index (κ1) is 17.1. The average molecular weight is 361 g/mol. The van der Waals surface area contributed by atoms with E-state index in [0.717, 1.165) is 22.7 Å². The van der Waals surface area contributed by atoms with Gasteiger partial charge in [-0.2, -0.15) is 0 Å². The summed E-state index contributed by atoms with van der Waals surface area (Å²) in [6, 6.07) is 15.0. The van der Waals surface area contributed by atoms with E-state index in [9.17, 15) is 9.59 Å². The molecule has 2 aromatic carbocycles. The van der Waals surface area contributed by atoms with Crippen LogP contribution in [0.15, 0.2) is 48.5 Å². The zero-order valence-corrected chi connectivity index (χ0v) is 15.4. The molecule has 5 heteroatoms. The number of nitrogens with zero attached hydrogens (tertiary/aromatic N) is 1. The van der Waals surface area contributed by atoms with Crippen molar-refractivity contribution in [3.8, 4) is 22.7 Å². The number of fused-ring (bicyclic) bond motifs is 3. The Bertz CT molecular complexity index is 1060. The van der Waals surface area contributed by atoms with Crippen molar-refractivity contribution in [3.63, 3.8) is 0 Å². The van der Waals surface area contributed by atoms with Crippen LogP contribution in [0.25, 0.3) is 16.9 Å². The Morgan fingerprint density at radius 2 is 1.70 bits per heavy atom. The Morgan fingerprint density at radius 3 is 2.33 bits per heavy atom. The first-order chi connectivity index (χ1) is 13.1. The summed E-state index contributed by atoms with van der Waals surface area (Å²) in [5, 5.41) is 0. The molecule has 0 N–H and O–H groups in total. The van der Waals surface area contributed by atoms with Crippen molar-refractivity contribution in [3.05, 3.63) is 70.9 Å². The van der Waals surface area contributed by atoms with Gasteiger partial charge in [-0.1, -0.05) is 24.3 Å². The van der Waals surface area contributed by atoms with Crippen LogP contribution < -0.4 is 4.74 Å². The molecule has 0 unspecified atom stereocenters. The van der Waals surface area contributed by atoms with Crippen molar-refractivity contribution >= 4 is 11.8 Å². The number of esters is 1. The van der Waals surface area contributed by atoms with Crippen molar-refractivity contribution in [1.29, 1.82) is 0 Å². The molecule has 0 amide bonds. The predicted octanol–water partition coefficient (Wildman–Crippen LogP) is 4.18. The van der Waals surface area contributed by atoms with Crippen LogP contribution in [0.1, 0.15) is 38.9 Å². The molecule has 3 aromatic rings. The van der Waals surface area contributed by atoms with Crippen molar-refractivity contribution in [2.24, 2.45) is 0 Å². The van der Waals surface area contributed by atoms with Crippen LogP contribution in [0.2, 0.25) is 0 Å². The van der Waals surface area contributed by atoms with Crippen LogP contribution in [0.4, 0.5) is 0 Å². The summed E-state index contributed by atoms with van der Waals surface area (Å²) in [6.45, 7) is 3.84. The van der Waals surface area contributed by atoms with Crippen molar-refractivity contribution < 1.29 is 19.1 Å². The van der Waals surface area contributed by atoms with Crippen LogP contribution in [0, 0.1) is 6.92 Å². The van der Waals surface area contributed by atoms with Crippen LogP contribution in [0.5, 0.6) is 5.75 Å². The lowest BCUT2D eigenvalue weighted by Crippen LogP contribution is -2.11. The second kappa shape index (κ2) is 6.43. The maximum atomic E-state index is 13.1. The quantitative estimate of drug-likeness (QED) is 0.512. The third kappa shape index (κ3) is 2.46. The molecule has 4 rings (SSSR count). The predicted molar refractivity (Wildman–Crippen MR) is 102 cm³/mol. The van der Waals surface area contributed by atoms with E-state index in [-0.39, 0.29) is 12.4 Å². The van der Waals surface area contributed by atoms with Crippen LogP contribution in [-0.2, 0) is 4.74 Å². The van der Waals surface area contributed by atoms with Crippen LogP contribution in [-0.4, -0.2) is 30.0 Å². The fraction of sp³-hybridized carbons (Fsp3) is 0.182. The van der Waals surface area contributed by atoms with Crippen LogP contribution in [0.3, 0.4) is 0 Å². The van der Waals surface area contributed by atoms with Gasteiger partial charge in [0.25, 0.3) is 0 Å². The van der Waals surface area contributed by atoms with Gasteiger partial charge in [0.15, 0.2) is 5.78 Å². The Hall–Kier alpha value is -3.34. The van der Waals surface area contributed by atoms with E-state index in [2.05, 4.69) is 0 Å². The SMILES string of the molecule is CCOC(=O)c1c2c(n(-c3ccc(OC)cc3)c1C)-c1ccccc1C2=O. The third-order valence-electron chi connectivity index (χ3n) is 4.87. The van der Waals surface area contributed by atoms with Gasteiger partial charge in [-0.15, -0.1) is 0 Å². The van der Waals surface area contributed by atoms with E-state index < -0.39 is 5.97 Å². The Labute approximate surface area is 157 Å². The minimum atomic E-state index is -0.473. The minimum Gasteiger partial charge on any atom is -0.497 e.